The van der Waals surface area contributed by atoms with E-state index in [1.807, 2.05) is 6.07 Å². The van der Waals surface area contributed by atoms with Crippen LogP contribution in [0.4, 0.5) is 0 Å². The maximum absolute atomic E-state index is 12.3. The minimum absolute atomic E-state index is 0.0167. The highest BCUT2D eigenvalue weighted by Crippen LogP contribution is 2.08. The molecule has 6 heteroatoms. The van der Waals surface area contributed by atoms with E-state index in [2.05, 4.69) is 14.9 Å². The van der Waals surface area contributed by atoms with Crippen molar-refractivity contribution in [3.63, 3.8) is 0 Å². The fourth-order valence-corrected chi connectivity index (χ4v) is 2.51. The monoisotopic (exact) mass is 274 g/mol. The Morgan fingerprint density at radius 3 is 2.90 bits per heavy atom. The Balaban J connectivity index is 1.89. The molecule has 1 fully saturated rings. The van der Waals surface area contributed by atoms with Crippen molar-refractivity contribution in [3.05, 3.63) is 34.5 Å². The largest absolute Gasteiger partial charge is 0.379 e. The van der Waals surface area contributed by atoms with Crippen LogP contribution in [-0.4, -0.2) is 52.3 Å². The summed E-state index contributed by atoms with van der Waals surface area (Å²) in [5.41, 5.74) is 2.12. The van der Waals surface area contributed by atoms with Crippen molar-refractivity contribution < 1.29 is 4.74 Å². The first-order chi connectivity index (χ1) is 9.75. The molecule has 1 aliphatic rings. The van der Waals surface area contributed by atoms with Gasteiger partial charge in [0.25, 0.3) is 5.56 Å². The quantitative estimate of drug-likeness (QED) is 0.812. The van der Waals surface area contributed by atoms with Crippen molar-refractivity contribution >= 4 is 11.0 Å². The summed E-state index contributed by atoms with van der Waals surface area (Å²) in [6.45, 7) is 6.67. The molecule has 2 aromatic heterocycles. The first kappa shape index (κ1) is 13.2. The number of morpholine rings is 1. The number of rotatable bonds is 3. The molecule has 0 radical (unpaired) electrons. The van der Waals surface area contributed by atoms with E-state index in [0.29, 0.717) is 12.2 Å². The van der Waals surface area contributed by atoms with Crippen molar-refractivity contribution in [3.8, 4) is 0 Å². The summed E-state index contributed by atoms with van der Waals surface area (Å²) in [6, 6.07) is 1.85. The topological polar surface area (TPSA) is 60.3 Å². The molecule has 3 heterocycles. The lowest BCUT2D eigenvalue weighted by molar-refractivity contribution is 0.0364. The number of aryl methyl sites for hydroxylation is 1. The molecule has 0 N–H and O–H groups in total. The molecule has 0 saturated carbocycles. The predicted octanol–water partition coefficient (Wildman–Crippen LogP) is 0.432. The second kappa shape index (κ2) is 5.68. The van der Waals surface area contributed by atoms with Gasteiger partial charge in [-0.1, -0.05) is 0 Å². The zero-order valence-electron chi connectivity index (χ0n) is 11.6. The zero-order chi connectivity index (χ0) is 13.9. The highest BCUT2D eigenvalue weighted by Gasteiger charge is 2.12. The van der Waals surface area contributed by atoms with Crippen LogP contribution in [0, 0.1) is 6.92 Å². The molecule has 20 heavy (non-hydrogen) atoms. The molecule has 1 aliphatic heterocycles. The van der Waals surface area contributed by atoms with Gasteiger partial charge in [0, 0.05) is 32.4 Å². The number of ether oxygens (including phenoxy) is 1. The summed E-state index contributed by atoms with van der Waals surface area (Å²) in [4.78, 5) is 23.0. The number of pyridine rings is 1. The molecule has 0 amide bonds. The van der Waals surface area contributed by atoms with E-state index in [0.717, 1.165) is 43.9 Å². The first-order valence-electron chi connectivity index (χ1n) is 6.87. The number of fused-ring (bicyclic) bond motifs is 1. The molecule has 0 unspecified atom stereocenters. The van der Waals surface area contributed by atoms with Gasteiger partial charge < -0.3 is 9.30 Å². The zero-order valence-corrected chi connectivity index (χ0v) is 11.6. The summed E-state index contributed by atoms with van der Waals surface area (Å²) >= 11 is 0. The average molecular weight is 274 g/mol. The number of hydrogen-bond acceptors (Lipinski definition) is 5. The van der Waals surface area contributed by atoms with Gasteiger partial charge in [0.2, 0.25) is 0 Å². The standard InChI is InChI=1S/C14H18N4O2/c1-11-14(19)18(5-4-17-6-8-20-9-7-17)13-2-3-15-10-12(13)16-11/h2-3,10H,4-9H2,1H3. The van der Waals surface area contributed by atoms with Gasteiger partial charge in [-0.05, 0) is 13.0 Å². The summed E-state index contributed by atoms with van der Waals surface area (Å²) < 4.78 is 7.14. The Kier molecular flexibility index (Phi) is 3.75. The second-order valence-electron chi connectivity index (χ2n) is 4.97. The van der Waals surface area contributed by atoms with E-state index in [4.69, 9.17) is 4.74 Å². The van der Waals surface area contributed by atoms with Crippen LogP contribution in [0.1, 0.15) is 5.69 Å². The van der Waals surface area contributed by atoms with Crippen molar-refractivity contribution in [1.82, 2.24) is 19.4 Å². The Morgan fingerprint density at radius 2 is 2.10 bits per heavy atom. The van der Waals surface area contributed by atoms with E-state index < -0.39 is 0 Å². The van der Waals surface area contributed by atoms with Crippen LogP contribution >= 0.6 is 0 Å². The third kappa shape index (κ3) is 2.57. The molecule has 6 nitrogen and oxygen atoms in total. The van der Waals surface area contributed by atoms with Gasteiger partial charge in [-0.25, -0.2) is 4.98 Å². The van der Waals surface area contributed by atoms with Gasteiger partial charge in [0.15, 0.2) is 0 Å². The summed E-state index contributed by atoms with van der Waals surface area (Å²) in [6.07, 6.45) is 3.40. The number of aromatic nitrogens is 3. The Bertz CT molecular complexity index is 662. The van der Waals surface area contributed by atoms with Crippen LogP contribution < -0.4 is 5.56 Å². The van der Waals surface area contributed by atoms with E-state index >= 15 is 0 Å². The number of hydrogen-bond donors (Lipinski definition) is 0. The Morgan fingerprint density at radius 1 is 1.30 bits per heavy atom. The highest BCUT2D eigenvalue weighted by atomic mass is 16.5. The normalized spacial score (nSPS) is 16.6. The van der Waals surface area contributed by atoms with E-state index in [1.165, 1.54) is 0 Å². The van der Waals surface area contributed by atoms with E-state index in [9.17, 15) is 4.79 Å². The van der Waals surface area contributed by atoms with Gasteiger partial charge in [0.05, 0.1) is 24.9 Å². The number of nitrogens with zero attached hydrogens (tertiary/aromatic N) is 4. The minimum Gasteiger partial charge on any atom is -0.379 e. The molecule has 0 spiro atoms. The molecule has 3 rings (SSSR count). The van der Waals surface area contributed by atoms with Crippen LogP contribution in [0.15, 0.2) is 23.3 Å². The Hall–Kier alpha value is -1.79. The molecule has 0 aliphatic carbocycles. The van der Waals surface area contributed by atoms with Crippen LogP contribution in [0.3, 0.4) is 0 Å². The highest BCUT2D eigenvalue weighted by molar-refractivity contribution is 5.73. The van der Waals surface area contributed by atoms with Crippen LogP contribution in [0.5, 0.6) is 0 Å². The Labute approximate surface area is 117 Å². The van der Waals surface area contributed by atoms with Gasteiger partial charge in [-0.15, -0.1) is 0 Å². The SMILES string of the molecule is Cc1nc2cnccc2n(CCN2CCOCC2)c1=O. The third-order valence-electron chi connectivity index (χ3n) is 3.65. The van der Waals surface area contributed by atoms with E-state index in [-0.39, 0.29) is 5.56 Å². The van der Waals surface area contributed by atoms with Crippen molar-refractivity contribution in [1.29, 1.82) is 0 Å². The first-order valence-corrected chi connectivity index (χ1v) is 6.87. The molecule has 106 valence electrons. The maximum atomic E-state index is 12.3. The van der Waals surface area contributed by atoms with Gasteiger partial charge in [-0.3, -0.25) is 14.7 Å². The lowest BCUT2D eigenvalue weighted by Gasteiger charge is -2.26. The minimum atomic E-state index is -0.0167. The van der Waals surface area contributed by atoms with Crippen molar-refractivity contribution in [2.45, 2.75) is 13.5 Å². The molecule has 0 atom stereocenters. The molecule has 0 aromatic carbocycles. The summed E-state index contributed by atoms with van der Waals surface area (Å²) in [7, 11) is 0. The van der Waals surface area contributed by atoms with Crippen LogP contribution in [0.25, 0.3) is 11.0 Å². The average Bonchev–Trinajstić information content (AvgIpc) is 2.49. The smallest absolute Gasteiger partial charge is 0.272 e. The van der Waals surface area contributed by atoms with Crippen molar-refractivity contribution in [2.75, 3.05) is 32.8 Å². The molecular weight excluding hydrogens is 256 g/mol. The maximum Gasteiger partial charge on any atom is 0.272 e. The summed E-state index contributed by atoms with van der Waals surface area (Å²) in [5.74, 6) is 0. The van der Waals surface area contributed by atoms with Crippen LogP contribution in [0.2, 0.25) is 0 Å². The van der Waals surface area contributed by atoms with Gasteiger partial charge in [0.1, 0.15) is 11.2 Å². The molecule has 2 aromatic rings. The van der Waals surface area contributed by atoms with Crippen LogP contribution in [-0.2, 0) is 11.3 Å². The lowest BCUT2D eigenvalue weighted by atomic mass is 10.3. The lowest BCUT2D eigenvalue weighted by Crippen LogP contribution is -2.39. The molecule has 0 bridgehead atoms. The molecule has 1 saturated heterocycles. The fourth-order valence-electron chi connectivity index (χ4n) is 2.51. The summed E-state index contributed by atoms with van der Waals surface area (Å²) in [5, 5.41) is 0. The second-order valence-corrected chi connectivity index (χ2v) is 4.97. The predicted molar refractivity (Wildman–Crippen MR) is 75.8 cm³/mol. The van der Waals surface area contributed by atoms with Gasteiger partial charge in [-0.2, -0.15) is 0 Å². The van der Waals surface area contributed by atoms with E-state index in [1.54, 1.807) is 23.9 Å². The molecular formula is C14H18N4O2. The van der Waals surface area contributed by atoms with Gasteiger partial charge >= 0.3 is 0 Å². The van der Waals surface area contributed by atoms with Crippen molar-refractivity contribution in [2.24, 2.45) is 0 Å². The third-order valence-corrected chi connectivity index (χ3v) is 3.65. The fraction of sp³-hybridized carbons (Fsp3) is 0.500.